The van der Waals surface area contributed by atoms with Crippen LogP contribution in [0, 0.1) is 0 Å². The van der Waals surface area contributed by atoms with E-state index in [1.807, 2.05) is 0 Å². The highest BCUT2D eigenvalue weighted by Crippen LogP contribution is 2.13. The molecule has 9 heteroatoms. The largest absolute Gasteiger partial charge is 0.465 e. The average molecular weight is 281 g/mol. The van der Waals surface area contributed by atoms with Crippen LogP contribution in [0.25, 0.3) is 5.57 Å². The van der Waals surface area contributed by atoms with Crippen molar-refractivity contribution in [1.82, 2.24) is 25.6 Å². The first kappa shape index (κ1) is 13.0. The topological polar surface area (TPSA) is 106 Å². The number of H-pyrrole nitrogens is 1. The number of nitrogens with one attached hydrogen (secondary N) is 2. The molecule has 0 atom stereocenters. The minimum absolute atomic E-state index is 0.119. The van der Waals surface area contributed by atoms with E-state index in [1.165, 1.54) is 19.5 Å². The predicted molar refractivity (Wildman–Crippen MR) is 67.0 cm³/mol. The minimum atomic E-state index is -0.595. The second-order valence-corrected chi connectivity index (χ2v) is 3.73. The first-order valence-electron chi connectivity index (χ1n) is 5.11. The fraction of sp³-hybridized carbons (Fsp3) is 0.100. The lowest BCUT2D eigenvalue weighted by Crippen LogP contribution is -2.08. The van der Waals surface area contributed by atoms with E-state index in [0.717, 1.165) is 0 Å². The first-order valence-corrected chi connectivity index (χ1v) is 5.49. The number of hydrogen-bond acceptors (Lipinski definition) is 7. The summed E-state index contributed by atoms with van der Waals surface area (Å²) in [6.07, 6.45) is 2.86. The maximum atomic E-state index is 11.6. The quantitative estimate of drug-likeness (QED) is 0.632. The molecule has 2 aromatic heterocycles. The van der Waals surface area contributed by atoms with Crippen LogP contribution in [0.4, 0.5) is 5.82 Å². The summed E-state index contributed by atoms with van der Waals surface area (Å²) >= 11 is 5.72. The Labute approximate surface area is 112 Å². The zero-order chi connectivity index (χ0) is 13.7. The van der Waals surface area contributed by atoms with Gasteiger partial charge >= 0.3 is 5.97 Å². The summed E-state index contributed by atoms with van der Waals surface area (Å²) in [5.41, 5.74) is 0.119. The summed E-state index contributed by atoms with van der Waals surface area (Å²) in [5, 5.41) is 16.4. The Kier molecular flexibility index (Phi) is 4.04. The highest BCUT2D eigenvalue weighted by Gasteiger charge is 2.16. The number of aromatic nitrogens is 5. The second-order valence-electron chi connectivity index (χ2n) is 3.29. The van der Waals surface area contributed by atoms with Gasteiger partial charge in [-0.25, -0.2) is 9.78 Å². The molecule has 0 spiro atoms. The van der Waals surface area contributed by atoms with Crippen LogP contribution in [0.15, 0.2) is 24.5 Å². The van der Waals surface area contributed by atoms with Gasteiger partial charge in [0.1, 0.15) is 11.4 Å². The van der Waals surface area contributed by atoms with Gasteiger partial charge in [0, 0.05) is 12.4 Å². The molecular formula is C10H9ClN6O2. The van der Waals surface area contributed by atoms with E-state index in [0.29, 0.717) is 10.8 Å². The molecule has 8 nitrogen and oxygen atoms in total. The standard InChI is InChI=1S/C10H9ClN6O2/c1-19-10(18)7(9-14-16-17-15-9)5-13-8-3-2-6(11)4-12-8/h2-5H,1H3,(H,12,13)(H,14,15,16,17). The Morgan fingerprint density at radius 1 is 1.53 bits per heavy atom. The van der Waals surface area contributed by atoms with Gasteiger partial charge in [0.05, 0.1) is 12.1 Å². The first-order chi connectivity index (χ1) is 9.20. The Balaban J connectivity index is 2.21. The number of methoxy groups -OCH3 is 1. The summed E-state index contributed by atoms with van der Waals surface area (Å²) in [5.74, 6) is 0.0328. The number of rotatable bonds is 4. The lowest BCUT2D eigenvalue weighted by atomic mass is 10.3. The van der Waals surface area contributed by atoms with Crippen molar-refractivity contribution in [2.75, 3.05) is 12.4 Å². The number of halogens is 1. The zero-order valence-corrected chi connectivity index (χ0v) is 10.5. The summed E-state index contributed by atoms with van der Waals surface area (Å²) in [7, 11) is 1.26. The predicted octanol–water partition coefficient (Wildman–Crippen LogP) is 0.874. The van der Waals surface area contributed by atoms with Gasteiger partial charge in [-0.15, -0.1) is 10.2 Å². The number of tetrazole rings is 1. The van der Waals surface area contributed by atoms with Crippen molar-refractivity contribution in [3.8, 4) is 0 Å². The van der Waals surface area contributed by atoms with E-state index in [2.05, 4.69) is 35.7 Å². The smallest absolute Gasteiger partial charge is 0.343 e. The van der Waals surface area contributed by atoms with Gasteiger partial charge in [-0.05, 0) is 17.3 Å². The molecular weight excluding hydrogens is 272 g/mol. The van der Waals surface area contributed by atoms with Crippen molar-refractivity contribution >= 4 is 29.0 Å². The number of carbonyl (C=O) groups excluding carboxylic acids is 1. The number of nitrogens with zero attached hydrogens (tertiary/aromatic N) is 4. The van der Waals surface area contributed by atoms with E-state index in [4.69, 9.17) is 11.6 Å². The van der Waals surface area contributed by atoms with Gasteiger partial charge in [0.25, 0.3) is 0 Å². The van der Waals surface area contributed by atoms with Gasteiger partial charge in [-0.3, -0.25) is 0 Å². The fourth-order valence-electron chi connectivity index (χ4n) is 1.21. The minimum Gasteiger partial charge on any atom is -0.465 e. The van der Waals surface area contributed by atoms with Gasteiger partial charge in [-0.2, -0.15) is 5.21 Å². The Bertz CT molecular complexity index is 581. The average Bonchev–Trinajstić information content (AvgIpc) is 2.94. The van der Waals surface area contributed by atoms with Crippen LogP contribution in [0.5, 0.6) is 0 Å². The van der Waals surface area contributed by atoms with Crippen LogP contribution in [0.2, 0.25) is 5.02 Å². The van der Waals surface area contributed by atoms with Crippen molar-refractivity contribution in [2.24, 2.45) is 0 Å². The third kappa shape index (κ3) is 3.26. The molecule has 2 aromatic rings. The summed E-state index contributed by atoms with van der Waals surface area (Å²) in [6.45, 7) is 0. The maximum absolute atomic E-state index is 11.6. The molecule has 2 rings (SSSR count). The van der Waals surface area contributed by atoms with Crippen LogP contribution >= 0.6 is 11.6 Å². The Morgan fingerprint density at radius 2 is 2.37 bits per heavy atom. The highest BCUT2D eigenvalue weighted by atomic mass is 35.5. The van der Waals surface area contributed by atoms with E-state index < -0.39 is 5.97 Å². The van der Waals surface area contributed by atoms with Gasteiger partial charge in [0.15, 0.2) is 0 Å². The summed E-state index contributed by atoms with van der Waals surface area (Å²) in [6, 6.07) is 3.32. The monoisotopic (exact) mass is 280 g/mol. The molecule has 98 valence electrons. The number of carbonyl (C=O) groups is 1. The fourth-order valence-corrected chi connectivity index (χ4v) is 1.32. The number of hydrogen-bond donors (Lipinski definition) is 2. The molecule has 19 heavy (non-hydrogen) atoms. The van der Waals surface area contributed by atoms with Gasteiger partial charge < -0.3 is 10.1 Å². The third-order valence-corrected chi connectivity index (χ3v) is 2.31. The number of anilines is 1. The maximum Gasteiger partial charge on any atom is 0.343 e. The molecule has 2 heterocycles. The molecule has 2 N–H and O–H groups in total. The SMILES string of the molecule is COC(=O)C(=CNc1ccc(Cl)cn1)c1nn[nH]n1. The molecule has 0 saturated carbocycles. The summed E-state index contributed by atoms with van der Waals surface area (Å²) < 4.78 is 4.63. The lowest BCUT2D eigenvalue weighted by Gasteiger charge is -2.03. The molecule has 0 amide bonds. The highest BCUT2D eigenvalue weighted by molar-refractivity contribution is 6.30. The van der Waals surface area contributed by atoms with Crippen molar-refractivity contribution in [2.45, 2.75) is 0 Å². The van der Waals surface area contributed by atoms with Gasteiger partial charge in [0.2, 0.25) is 5.82 Å². The number of ether oxygens (including phenoxy) is 1. The second kappa shape index (κ2) is 5.91. The number of esters is 1. The van der Waals surface area contributed by atoms with Crippen molar-refractivity contribution in [3.05, 3.63) is 35.4 Å². The van der Waals surface area contributed by atoms with Crippen LogP contribution in [0.1, 0.15) is 5.82 Å². The van der Waals surface area contributed by atoms with Crippen molar-refractivity contribution in [1.29, 1.82) is 0 Å². The van der Waals surface area contributed by atoms with Crippen molar-refractivity contribution in [3.63, 3.8) is 0 Å². The van der Waals surface area contributed by atoms with Crippen LogP contribution in [0.3, 0.4) is 0 Å². The molecule has 0 aliphatic carbocycles. The van der Waals surface area contributed by atoms with Crippen LogP contribution in [-0.4, -0.2) is 38.7 Å². The normalized spacial score (nSPS) is 11.2. The van der Waals surface area contributed by atoms with E-state index in [-0.39, 0.29) is 11.4 Å². The molecule has 0 bridgehead atoms. The molecule has 0 aliphatic heterocycles. The molecule has 0 unspecified atom stereocenters. The lowest BCUT2D eigenvalue weighted by molar-refractivity contribution is -0.133. The molecule has 0 aliphatic rings. The molecule has 0 aromatic carbocycles. The van der Waals surface area contributed by atoms with Crippen LogP contribution in [-0.2, 0) is 9.53 Å². The Hall–Kier alpha value is -2.48. The number of pyridine rings is 1. The van der Waals surface area contributed by atoms with E-state index >= 15 is 0 Å². The van der Waals surface area contributed by atoms with E-state index in [9.17, 15) is 4.79 Å². The van der Waals surface area contributed by atoms with Crippen LogP contribution < -0.4 is 5.32 Å². The molecule has 0 radical (unpaired) electrons. The van der Waals surface area contributed by atoms with Gasteiger partial charge in [-0.1, -0.05) is 11.6 Å². The third-order valence-electron chi connectivity index (χ3n) is 2.08. The van der Waals surface area contributed by atoms with Crippen molar-refractivity contribution < 1.29 is 9.53 Å². The van der Waals surface area contributed by atoms with E-state index in [1.54, 1.807) is 12.1 Å². The zero-order valence-electron chi connectivity index (χ0n) is 9.79. The molecule has 0 saturated heterocycles. The molecule has 0 fully saturated rings. The summed E-state index contributed by atoms with van der Waals surface area (Å²) in [4.78, 5) is 15.6. The Morgan fingerprint density at radius 3 is 2.95 bits per heavy atom. The number of aromatic amines is 1.